The van der Waals surface area contributed by atoms with E-state index in [0.29, 0.717) is 10.7 Å². The van der Waals surface area contributed by atoms with Crippen LogP contribution in [0.1, 0.15) is 6.92 Å². The summed E-state index contributed by atoms with van der Waals surface area (Å²) < 4.78 is 4.83. The third-order valence-electron chi connectivity index (χ3n) is 1.94. The molecule has 1 aromatic heterocycles. The molecule has 6 heteroatoms. The van der Waals surface area contributed by atoms with Crippen LogP contribution in [0.25, 0.3) is 0 Å². The highest BCUT2D eigenvalue weighted by Gasteiger charge is 2.16. The first kappa shape index (κ1) is 14.1. The van der Waals surface area contributed by atoms with Gasteiger partial charge in [-0.3, -0.25) is 4.98 Å². The van der Waals surface area contributed by atoms with Crippen molar-refractivity contribution in [1.82, 2.24) is 4.98 Å². The molecule has 94 valence electrons. The Labute approximate surface area is 110 Å². The second-order valence-corrected chi connectivity index (χ2v) is 3.92. The van der Waals surface area contributed by atoms with Crippen molar-refractivity contribution in [3.05, 3.63) is 35.1 Å². The Morgan fingerprint density at radius 3 is 2.94 bits per heavy atom. The Kier molecular flexibility index (Phi) is 5.74. The van der Waals surface area contributed by atoms with E-state index in [1.807, 2.05) is 6.07 Å². The molecule has 1 rings (SSSR count). The average molecular weight is 263 g/mol. The van der Waals surface area contributed by atoms with Gasteiger partial charge in [0.15, 0.2) is 5.57 Å². The van der Waals surface area contributed by atoms with Gasteiger partial charge in [0.2, 0.25) is 0 Å². The number of esters is 1. The molecule has 0 fully saturated rings. The van der Waals surface area contributed by atoms with Gasteiger partial charge >= 0.3 is 5.97 Å². The zero-order chi connectivity index (χ0) is 13.4. The van der Waals surface area contributed by atoms with E-state index < -0.39 is 5.97 Å². The molecule has 0 aromatic carbocycles. The molecular formula is C12H13N3O2S. The lowest BCUT2D eigenvalue weighted by molar-refractivity contribution is -0.138. The predicted molar refractivity (Wildman–Crippen MR) is 70.6 cm³/mol. The molecule has 0 bridgehead atoms. The normalized spacial score (nSPS) is 11.2. The number of thioether (sulfide) groups is 1. The van der Waals surface area contributed by atoms with Gasteiger partial charge in [0.05, 0.1) is 23.5 Å². The number of carbonyl (C=O) groups is 1. The fourth-order valence-electron chi connectivity index (χ4n) is 1.18. The minimum Gasteiger partial charge on any atom is -0.462 e. The molecule has 0 saturated heterocycles. The van der Waals surface area contributed by atoms with E-state index >= 15 is 0 Å². The van der Waals surface area contributed by atoms with Crippen molar-refractivity contribution >= 4 is 23.4 Å². The Morgan fingerprint density at radius 1 is 1.67 bits per heavy atom. The SMILES string of the molecule is CCOC(=O)/C(C#N)=C(\Nc1cccnc1)SC. The summed E-state index contributed by atoms with van der Waals surface area (Å²) in [4.78, 5) is 15.5. The van der Waals surface area contributed by atoms with Crippen LogP contribution in [-0.4, -0.2) is 23.8 Å². The van der Waals surface area contributed by atoms with E-state index in [1.54, 1.807) is 37.7 Å². The number of nitrogens with zero attached hydrogens (tertiary/aromatic N) is 2. The molecule has 0 atom stereocenters. The Morgan fingerprint density at radius 2 is 2.44 bits per heavy atom. The van der Waals surface area contributed by atoms with Crippen LogP contribution in [0.2, 0.25) is 0 Å². The number of anilines is 1. The van der Waals surface area contributed by atoms with Gasteiger partial charge in [-0.1, -0.05) is 0 Å². The molecule has 5 nitrogen and oxygen atoms in total. The maximum absolute atomic E-state index is 11.6. The highest BCUT2D eigenvalue weighted by Crippen LogP contribution is 2.20. The van der Waals surface area contributed by atoms with Gasteiger partial charge in [0.25, 0.3) is 0 Å². The van der Waals surface area contributed by atoms with Gasteiger partial charge in [0, 0.05) is 6.20 Å². The first-order valence-corrected chi connectivity index (χ1v) is 6.48. The van der Waals surface area contributed by atoms with E-state index in [2.05, 4.69) is 10.3 Å². The van der Waals surface area contributed by atoms with Crippen molar-refractivity contribution < 1.29 is 9.53 Å². The smallest absolute Gasteiger partial charge is 0.351 e. The molecule has 18 heavy (non-hydrogen) atoms. The number of pyridine rings is 1. The van der Waals surface area contributed by atoms with Crippen LogP contribution >= 0.6 is 11.8 Å². The molecule has 0 radical (unpaired) electrons. The monoisotopic (exact) mass is 263 g/mol. The number of carbonyl (C=O) groups excluding carboxylic acids is 1. The van der Waals surface area contributed by atoms with Crippen LogP contribution in [0.5, 0.6) is 0 Å². The second-order valence-electron chi connectivity index (χ2n) is 3.11. The van der Waals surface area contributed by atoms with Gasteiger partial charge in [-0.05, 0) is 25.3 Å². The maximum atomic E-state index is 11.6. The first-order chi connectivity index (χ1) is 8.72. The van der Waals surface area contributed by atoms with Crippen LogP contribution in [0.3, 0.4) is 0 Å². The number of hydrogen-bond acceptors (Lipinski definition) is 6. The number of nitrogens with one attached hydrogen (secondary N) is 1. The highest BCUT2D eigenvalue weighted by atomic mass is 32.2. The van der Waals surface area contributed by atoms with Crippen LogP contribution in [0.4, 0.5) is 5.69 Å². The quantitative estimate of drug-likeness (QED) is 0.498. The van der Waals surface area contributed by atoms with E-state index in [4.69, 9.17) is 10.00 Å². The molecule has 0 saturated carbocycles. The molecule has 1 N–H and O–H groups in total. The van der Waals surface area contributed by atoms with Gasteiger partial charge in [-0.2, -0.15) is 5.26 Å². The van der Waals surface area contributed by atoms with Crippen LogP contribution in [0.15, 0.2) is 35.1 Å². The summed E-state index contributed by atoms with van der Waals surface area (Å²) in [5, 5.41) is 12.4. The Bertz CT molecular complexity index is 480. The van der Waals surface area contributed by atoms with Crippen molar-refractivity contribution in [2.24, 2.45) is 0 Å². The van der Waals surface area contributed by atoms with E-state index in [9.17, 15) is 4.79 Å². The van der Waals surface area contributed by atoms with Crippen molar-refractivity contribution in [2.75, 3.05) is 18.2 Å². The molecule has 1 aromatic rings. The molecule has 0 aliphatic carbocycles. The van der Waals surface area contributed by atoms with Crippen molar-refractivity contribution in [3.8, 4) is 6.07 Å². The highest BCUT2D eigenvalue weighted by molar-refractivity contribution is 8.02. The van der Waals surface area contributed by atoms with Gasteiger partial charge in [0.1, 0.15) is 6.07 Å². The zero-order valence-electron chi connectivity index (χ0n) is 10.1. The summed E-state index contributed by atoms with van der Waals surface area (Å²) in [6, 6.07) is 5.41. The number of aromatic nitrogens is 1. The second kappa shape index (κ2) is 7.35. The summed E-state index contributed by atoms with van der Waals surface area (Å²) in [6.45, 7) is 1.93. The fourth-order valence-corrected chi connectivity index (χ4v) is 1.73. The summed E-state index contributed by atoms with van der Waals surface area (Å²) in [6.07, 6.45) is 5.02. The number of ether oxygens (including phenoxy) is 1. The van der Waals surface area contributed by atoms with Crippen molar-refractivity contribution in [2.45, 2.75) is 6.92 Å². The Balaban J connectivity index is 2.98. The predicted octanol–water partition coefficient (Wildman–Crippen LogP) is 2.15. The van der Waals surface area contributed by atoms with E-state index in [1.165, 1.54) is 11.8 Å². The topological polar surface area (TPSA) is 75.0 Å². The first-order valence-electron chi connectivity index (χ1n) is 5.25. The van der Waals surface area contributed by atoms with Gasteiger partial charge in [-0.15, -0.1) is 11.8 Å². The zero-order valence-corrected chi connectivity index (χ0v) is 11.0. The lowest BCUT2D eigenvalue weighted by Crippen LogP contribution is -2.11. The third kappa shape index (κ3) is 3.79. The van der Waals surface area contributed by atoms with Crippen molar-refractivity contribution in [1.29, 1.82) is 5.26 Å². The van der Waals surface area contributed by atoms with Crippen molar-refractivity contribution in [3.63, 3.8) is 0 Å². The van der Waals surface area contributed by atoms with E-state index in [0.717, 1.165) is 0 Å². The Hall–Kier alpha value is -2.00. The number of nitriles is 1. The number of hydrogen-bond donors (Lipinski definition) is 1. The summed E-state index contributed by atoms with van der Waals surface area (Å²) >= 11 is 1.27. The van der Waals surface area contributed by atoms with Gasteiger partial charge in [-0.25, -0.2) is 4.79 Å². The third-order valence-corrected chi connectivity index (χ3v) is 2.66. The van der Waals surface area contributed by atoms with Crippen LogP contribution < -0.4 is 5.32 Å². The average Bonchev–Trinajstić information content (AvgIpc) is 2.40. The molecular weight excluding hydrogens is 250 g/mol. The van der Waals surface area contributed by atoms with Crippen LogP contribution in [-0.2, 0) is 9.53 Å². The lowest BCUT2D eigenvalue weighted by atomic mass is 10.3. The standard InChI is InChI=1S/C12H13N3O2S/c1-3-17-12(16)10(7-13)11(18-2)15-9-5-4-6-14-8-9/h4-6,8,15H,3H2,1-2H3/b11-10+. The summed E-state index contributed by atoms with van der Waals surface area (Å²) in [5.74, 6) is -0.624. The van der Waals surface area contributed by atoms with E-state index in [-0.39, 0.29) is 12.2 Å². The largest absolute Gasteiger partial charge is 0.462 e. The minimum atomic E-state index is -0.624. The lowest BCUT2D eigenvalue weighted by Gasteiger charge is -2.10. The summed E-state index contributed by atoms with van der Waals surface area (Å²) in [7, 11) is 0. The molecule has 0 spiro atoms. The molecule has 0 aliphatic rings. The molecule has 0 amide bonds. The summed E-state index contributed by atoms with van der Waals surface area (Å²) in [5.41, 5.74) is 0.673. The van der Waals surface area contributed by atoms with Crippen LogP contribution in [0, 0.1) is 11.3 Å². The minimum absolute atomic E-state index is 0.0341. The fraction of sp³-hybridized carbons (Fsp3) is 0.250. The molecule has 0 unspecified atom stereocenters. The maximum Gasteiger partial charge on any atom is 0.351 e. The van der Waals surface area contributed by atoms with Gasteiger partial charge < -0.3 is 10.1 Å². The molecule has 0 aliphatic heterocycles. The number of rotatable bonds is 5. The molecule has 1 heterocycles.